The van der Waals surface area contributed by atoms with Crippen LogP contribution in [0.4, 0.5) is 0 Å². The highest BCUT2D eigenvalue weighted by atomic mass is 16.5. The van der Waals surface area contributed by atoms with Crippen LogP contribution in [-0.2, 0) is 17.9 Å². The molecule has 1 unspecified atom stereocenters. The smallest absolute Gasteiger partial charge is 0.253 e. The fourth-order valence-corrected chi connectivity index (χ4v) is 3.76. The Morgan fingerprint density at radius 2 is 1.75 bits per heavy atom. The highest BCUT2D eigenvalue weighted by Gasteiger charge is 2.19. The van der Waals surface area contributed by atoms with Crippen LogP contribution in [0.25, 0.3) is 0 Å². The van der Waals surface area contributed by atoms with Crippen LogP contribution >= 0.6 is 0 Å². The number of hydrogen-bond donors (Lipinski definition) is 1. The van der Waals surface area contributed by atoms with Gasteiger partial charge in [0.15, 0.2) is 0 Å². The molecule has 3 rings (SSSR count). The molecule has 1 N–H and O–H groups in total. The van der Waals surface area contributed by atoms with Crippen molar-refractivity contribution in [1.29, 1.82) is 0 Å². The van der Waals surface area contributed by atoms with Gasteiger partial charge in [-0.25, -0.2) is 0 Å². The van der Waals surface area contributed by atoms with Crippen molar-refractivity contribution in [3.8, 4) is 0 Å². The second-order valence-corrected chi connectivity index (χ2v) is 7.18. The van der Waals surface area contributed by atoms with Gasteiger partial charge in [-0.2, -0.15) is 0 Å². The summed E-state index contributed by atoms with van der Waals surface area (Å²) in [5.41, 5.74) is 6.19. The van der Waals surface area contributed by atoms with E-state index in [0.717, 1.165) is 28.1 Å². The van der Waals surface area contributed by atoms with Crippen molar-refractivity contribution in [2.45, 2.75) is 40.0 Å². The summed E-state index contributed by atoms with van der Waals surface area (Å²) in [4.78, 5) is 12.8. The quantitative estimate of drug-likeness (QED) is 0.644. The molecule has 2 aromatic carbocycles. The third-order valence-electron chi connectivity index (χ3n) is 5.15. The fraction of sp³-hybridized carbons (Fsp3) is 0.292. The average Bonchev–Trinajstić information content (AvgIpc) is 3.01. The molecule has 0 aliphatic carbocycles. The molecule has 0 saturated carbocycles. The monoisotopic (exact) mass is 376 g/mol. The fourth-order valence-electron chi connectivity index (χ4n) is 3.76. The largest absolute Gasteiger partial charge is 0.380 e. The van der Waals surface area contributed by atoms with Crippen molar-refractivity contribution in [3.05, 3.63) is 94.3 Å². The topological polar surface area (TPSA) is 43.3 Å². The Balaban J connectivity index is 1.75. The van der Waals surface area contributed by atoms with E-state index in [0.29, 0.717) is 13.2 Å². The SMILES string of the molecule is COCc1cccc(CNC(=O)c2cc(C)n(C(C)c3ccccc3)c2C)c1. The Hall–Kier alpha value is -2.85. The number of amides is 1. The van der Waals surface area contributed by atoms with Gasteiger partial charge in [-0.1, -0.05) is 54.6 Å². The van der Waals surface area contributed by atoms with Crippen LogP contribution in [-0.4, -0.2) is 17.6 Å². The predicted octanol–water partition coefficient (Wildman–Crippen LogP) is 4.79. The Bertz CT molecular complexity index is 944. The number of hydrogen-bond acceptors (Lipinski definition) is 2. The molecule has 4 nitrogen and oxygen atoms in total. The van der Waals surface area contributed by atoms with E-state index in [2.05, 4.69) is 41.9 Å². The van der Waals surface area contributed by atoms with Gasteiger partial charge < -0.3 is 14.6 Å². The van der Waals surface area contributed by atoms with Crippen molar-refractivity contribution >= 4 is 5.91 Å². The summed E-state index contributed by atoms with van der Waals surface area (Å²) in [6.07, 6.45) is 0. The van der Waals surface area contributed by atoms with E-state index in [9.17, 15) is 4.79 Å². The molecule has 0 bridgehead atoms. The molecule has 4 heteroatoms. The zero-order valence-corrected chi connectivity index (χ0v) is 17.0. The lowest BCUT2D eigenvalue weighted by atomic mass is 10.1. The Kier molecular flexibility index (Phi) is 6.32. The van der Waals surface area contributed by atoms with E-state index in [1.165, 1.54) is 5.56 Å². The minimum absolute atomic E-state index is 0.0447. The first kappa shape index (κ1) is 19.9. The van der Waals surface area contributed by atoms with Crippen LogP contribution in [0.1, 0.15) is 51.4 Å². The molecule has 146 valence electrons. The van der Waals surface area contributed by atoms with E-state index < -0.39 is 0 Å². The highest BCUT2D eigenvalue weighted by Crippen LogP contribution is 2.25. The summed E-state index contributed by atoms with van der Waals surface area (Å²) >= 11 is 0. The van der Waals surface area contributed by atoms with Crippen molar-refractivity contribution in [2.24, 2.45) is 0 Å². The van der Waals surface area contributed by atoms with Gasteiger partial charge in [-0.15, -0.1) is 0 Å². The number of nitrogens with zero attached hydrogens (tertiary/aromatic N) is 1. The molecule has 1 atom stereocenters. The molecule has 0 aliphatic heterocycles. The van der Waals surface area contributed by atoms with Gasteiger partial charge in [0.25, 0.3) is 5.91 Å². The molecule has 1 heterocycles. The normalized spacial score (nSPS) is 12.0. The van der Waals surface area contributed by atoms with Gasteiger partial charge >= 0.3 is 0 Å². The van der Waals surface area contributed by atoms with E-state index in [-0.39, 0.29) is 11.9 Å². The summed E-state index contributed by atoms with van der Waals surface area (Å²) in [6.45, 7) is 7.30. The molecule has 0 fully saturated rings. The number of carbonyl (C=O) groups excluding carboxylic acids is 1. The maximum atomic E-state index is 12.8. The second kappa shape index (κ2) is 8.89. The molecule has 0 spiro atoms. The number of nitrogens with one attached hydrogen (secondary N) is 1. The first-order valence-electron chi connectivity index (χ1n) is 9.59. The molecule has 28 heavy (non-hydrogen) atoms. The lowest BCUT2D eigenvalue weighted by Gasteiger charge is -2.19. The van der Waals surface area contributed by atoms with Crippen LogP contribution in [0.15, 0.2) is 60.7 Å². The zero-order chi connectivity index (χ0) is 20.1. The van der Waals surface area contributed by atoms with Crippen LogP contribution in [0.3, 0.4) is 0 Å². The predicted molar refractivity (Wildman–Crippen MR) is 112 cm³/mol. The standard InChI is InChI=1S/C24H28N2O2/c1-17-13-23(19(3)26(17)18(2)22-11-6-5-7-12-22)24(27)25-15-20-9-8-10-21(14-20)16-28-4/h5-14,18H,15-16H2,1-4H3,(H,25,27). The third-order valence-corrected chi connectivity index (χ3v) is 5.15. The van der Waals surface area contributed by atoms with E-state index >= 15 is 0 Å². The van der Waals surface area contributed by atoms with Gasteiger partial charge in [-0.05, 0) is 43.5 Å². The van der Waals surface area contributed by atoms with Crippen molar-refractivity contribution in [2.75, 3.05) is 7.11 Å². The van der Waals surface area contributed by atoms with Gasteiger partial charge in [0.05, 0.1) is 18.2 Å². The maximum Gasteiger partial charge on any atom is 0.253 e. The number of methoxy groups -OCH3 is 1. The van der Waals surface area contributed by atoms with Gasteiger partial charge in [0, 0.05) is 25.0 Å². The Morgan fingerprint density at radius 1 is 1.04 bits per heavy atom. The van der Waals surface area contributed by atoms with Crippen LogP contribution in [0, 0.1) is 13.8 Å². The lowest BCUT2D eigenvalue weighted by molar-refractivity contribution is 0.0950. The van der Waals surface area contributed by atoms with Crippen molar-refractivity contribution in [3.63, 3.8) is 0 Å². The number of rotatable bonds is 7. The minimum Gasteiger partial charge on any atom is -0.380 e. The van der Waals surface area contributed by atoms with E-state index in [1.807, 2.05) is 49.4 Å². The molecule has 1 aromatic heterocycles. The van der Waals surface area contributed by atoms with Gasteiger partial charge in [0.1, 0.15) is 0 Å². The summed E-state index contributed by atoms with van der Waals surface area (Å²) in [5, 5.41) is 3.05. The van der Waals surface area contributed by atoms with Crippen molar-refractivity contribution in [1.82, 2.24) is 9.88 Å². The molecular weight excluding hydrogens is 348 g/mol. The molecular formula is C24H28N2O2. The third kappa shape index (κ3) is 4.34. The molecule has 3 aromatic rings. The molecule has 0 saturated heterocycles. The van der Waals surface area contributed by atoms with Crippen LogP contribution < -0.4 is 5.32 Å². The van der Waals surface area contributed by atoms with Crippen LogP contribution in [0.2, 0.25) is 0 Å². The Morgan fingerprint density at radius 3 is 2.46 bits per heavy atom. The highest BCUT2D eigenvalue weighted by molar-refractivity contribution is 5.95. The van der Waals surface area contributed by atoms with E-state index in [1.54, 1.807) is 7.11 Å². The summed E-state index contributed by atoms with van der Waals surface area (Å²) in [6, 6.07) is 20.6. The number of ether oxygens (including phenoxy) is 1. The second-order valence-electron chi connectivity index (χ2n) is 7.18. The molecule has 1 amide bonds. The van der Waals surface area contributed by atoms with Crippen molar-refractivity contribution < 1.29 is 9.53 Å². The molecule has 0 aliphatic rings. The number of aromatic nitrogens is 1. The zero-order valence-electron chi connectivity index (χ0n) is 17.0. The first-order chi connectivity index (χ1) is 13.5. The van der Waals surface area contributed by atoms with Crippen LogP contribution in [0.5, 0.6) is 0 Å². The van der Waals surface area contributed by atoms with Gasteiger partial charge in [-0.3, -0.25) is 4.79 Å². The lowest BCUT2D eigenvalue weighted by Crippen LogP contribution is -2.23. The summed E-state index contributed by atoms with van der Waals surface area (Å²) < 4.78 is 7.40. The Labute approximate surface area is 167 Å². The van der Waals surface area contributed by atoms with Gasteiger partial charge in [0.2, 0.25) is 0 Å². The molecule has 0 radical (unpaired) electrons. The maximum absolute atomic E-state index is 12.8. The number of aryl methyl sites for hydroxylation is 1. The summed E-state index contributed by atoms with van der Waals surface area (Å²) in [5.74, 6) is -0.0447. The minimum atomic E-state index is -0.0447. The average molecular weight is 377 g/mol. The number of carbonyl (C=O) groups is 1. The van der Waals surface area contributed by atoms with E-state index in [4.69, 9.17) is 4.74 Å². The summed E-state index contributed by atoms with van der Waals surface area (Å²) in [7, 11) is 1.68. The first-order valence-corrected chi connectivity index (χ1v) is 9.59. The number of benzene rings is 2.